The first-order valence-electron chi connectivity index (χ1n) is 8.02. The van der Waals surface area contributed by atoms with E-state index in [9.17, 15) is 0 Å². The molecule has 2 aliphatic rings. The van der Waals surface area contributed by atoms with E-state index in [4.69, 9.17) is 4.98 Å². The zero-order chi connectivity index (χ0) is 14.2. The number of rotatable bonds is 3. The minimum Gasteiger partial charge on any atom is -0.314 e. The second kappa shape index (κ2) is 5.74. The van der Waals surface area contributed by atoms with Crippen molar-refractivity contribution in [2.45, 2.75) is 52.5 Å². The quantitative estimate of drug-likeness (QED) is 0.928. The highest BCUT2D eigenvalue weighted by Crippen LogP contribution is 2.39. The number of fused-ring (bicyclic) bond motifs is 1. The summed E-state index contributed by atoms with van der Waals surface area (Å²) in [4.78, 5) is 9.20. The highest BCUT2D eigenvalue weighted by molar-refractivity contribution is 7.11. The molecule has 1 fully saturated rings. The molecule has 0 amide bonds. The van der Waals surface area contributed by atoms with Crippen molar-refractivity contribution >= 4 is 11.3 Å². The SMILES string of the molecule is CCC(c1nc2c(s1)CC(C)(C)CC2)N1CCNCC1. The molecule has 1 saturated heterocycles. The third-order valence-electron chi connectivity index (χ3n) is 4.74. The van der Waals surface area contributed by atoms with Crippen LogP contribution in [0.3, 0.4) is 0 Å². The van der Waals surface area contributed by atoms with Gasteiger partial charge in [0.2, 0.25) is 0 Å². The average Bonchev–Trinajstić information content (AvgIpc) is 2.82. The normalized spacial score (nSPS) is 24.4. The molecule has 1 aliphatic carbocycles. The van der Waals surface area contributed by atoms with E-state index in [0.717, 1.165) is 26.2 Å². The van der Waals surface area contributed by atoms with Crippen molar-refractivity contribution in [3.05, 3.63) is 15.6 Å². The van der Waals surface area contributed by atoms with Crippen LogP contribution in [0.1, 0.15) is 55.2 Å². The summed E-state index contributed by atoms with van der Waals surface area (Å²) in [6, 6.07) is 0.538. The number of hydrogen-bond acceptors (Lipinski definition) is 4. The Labute approximate surface area is 126 Å². The highest BCUT2D eigenvalue weighted by atomic mass is 32.1. The van der Waals surface area contributed by atoms with Gasteiger partial charge in [-0.15, -0.1) is 11.3 Å². The van der Waals surface area contributed by atoms with Gasteiger partial charge in [-0.25, -0.2) is 4.98 Å². The molecule has 112 valence electrons. The van der Waals surface area contributed by atoms with Gasteiger partial charge in [-0.05, 0) is 31.1 Å². The fourth-order valence-electron chi connectivity index (χ4n) is 3.44. The van der Waals surface area contributed by atoms with Crippen LogP contribution in [-0.4, -0.2) is 36.1 Å². The summed E-state index contributed by atoms with van der Waals surface area (Å²) in [5, 5.41) is 4.82. The van der Waals surface area contributed by atoms with Crippen LogP contribution >= 0.6 is 11.3 Å². The van der Waals surface area contributed by atoms with Gasteiger partial charge >= 0.3 is 0 Å². The maximum Gasteiger partial charge on any atom is 0.110 e. The summed E-state index contributed by atoms with van der Waals surface area (Å²) in [5.74, 6) is 0. The van der Waals surface area contributed by atoms with Crippen molar-refractivity contribution < 1.29 is 0 Å². The van der Waals surface area contributed by atoms with E-state index in [1.165, 1.54) is 36.4 Å². The first kappa shape index (κ1) is 14.5. The van der Waals surface area contributed by atoms with Crippen molar-refractivity contribution in [1.29, 1.82) is 0 Å². The predicted octanol–water partition coefficient (Wildman–Crippen LogP) is 3.01. The van der Waals surface area contributed by atoms with Crippen LogP contribution in [0.2, 0.25) is 0 Å². The van der Waals surface area contributed by atoms with Gasteiger partial charge in [0.1, 0.15) is 5.01 Å². The van der Waals surface area contributed by atoms with E-state index in [0.29, 0.717) is 11.5 Å². The highest BCUT2D eigenvalue weighted by Gasteiger charge is 2.30. The van der Waals surface area contributed by atoms with Gasteiger partial charge in [0.15, 0.2) is 0 Å². The second-order valence-corrected chi connectivity index (χ2v) is 8.09. The van der Waals surface area contributed by atoms with E-state index < -0.39 is 0 Å². The van der Waals surface area contributed by atoms with Crippen LogP contribution in [0.4, 0.5) is 0 Å². The lowest BCUT2D eigenvalue weighted by Gasteiger charge is -2.33. The molecule has 1 aromatic rings. The minimum atomic E-state index is 0.466. The van der Waals surface area contributed by atoms with Crippen LogP contribution in [0.15, 0.2) is 0 Å². The molecule has 0 spiro atoms. The molecule has 20 heavy (non-hydrogen) atoms. The summed E-state index contributed by atoms with van der Waals surface area (Å²) in [5.41, 5.74) is 1.87. The second-order valence-electron chi connectivity index (χ2n) is 6.97. The van der Waals surface area contributed by atoms with E-state index in [1.807, 2.05) is 11.3 Å². The monoisotopic (exact) mass is 293 g/mol. The lowest BCUT2D eigenvalue weighted by molar-refractivity contribution is 0.169. The van der Waals surface area contributed by atoms with Crippen LogP contribution in [0.5, 0.6) is 0 Å². The molecule has 0 aromatic carbocycles. The van der Waals surface area contributed by atoms with E-state index in [-0.39, 0.29) is 0 Å². The third-order valence-corrected chi connectivity index (χ3v) is 5.94. The molecule has 3 rings (SSSR count). The van der Waals surface area contributed by atoms with Crippen molar-refractivity contribution in [2.24, 2.45) is 5.41 Å². The molecule has 2 heterocycles. The largest absolute Gasteiger partial charge is 0.314 e. The maximum atomic E-state index is 5.02. The average molecular weight is 293 g/mol. The zero-order valence-corrected chi connectivity index (χ0v) is 13.9. The van der Waals surface area contributed by atoms with Crippen LogP contribution < -0.4 is 5.32 Å². The Kier molecular flexibility index (Phi) is 4.16. The molecule has 4 heteroatoms. The smallest absolute Gasteiger partial charge is 0.110 e. The van der Waals surface area contributed by atoms with Gasteiger partial charge in [0.05, 0.1) is 11.7 Å². The topological polar surface area (TPSA) is 28.2 Å². The van der Waals surface area contributed by atoms with Crippen LogP contribution in [-0.2, 0) is 12.8 Å². The van der Waals surface area contributed by atoms with Crippen molar-refractivity contribution in [1.82, 2.24) is 15.2 Å². The number of thiazole rings is 1. The standard InChI is InChI=1S/C16H27N3S/c1-4-13(19-9-7-17-8-10-19)15-18-12-5-6-16(2,3)11-14(12)20-15/h13,17H,4-11H2,1-3H3. The van der Waals surface area contributed by atoms with Gasteiger partial charge in [-0.1, -0.05) is 20.8 Å². The summed E-state index contributed by atoms with van der Waals surface area (Å²) in [6.07, 6.45) is 4.86. The number of nitrogens with one attached hydrogen (secondary N) is 1. The van der Waals surface area contributed by atoms with Gasteiger partial charge in [-0.2, -0.15) is 0 Å². The van der Waals surface area contributed by atoms with Crippen molar-refractivity contribution in [2.75, 3.05) is 26.2 Å². The molecule has 1 aromatic heterocycles. The minimum absolute atomic E-state index is 0.466. The Balaban J connectivity index is 1.81. The lowest BCUT2D eigenvalue weighted by Crippen LogP contribution is -2.45. The first-order chi connectivity index (χ1) is 9.59. The number of aryl methyl sites for hydroxylation is 1. The molecule has 0 bridgehead atoms. The Hall–Kier alpha value is -0.450. The number of piperazine rings is 1. The maximum absolute atomic E-state index is 5.02. The van der Waals surface area contributed by atoms with Gasteiger partial charge in [0, 0.05) is 31.1 Å². The van der Waals surface area contributed by atoms with Gasteiger partial charge in [0.25, 0.3) is 0 Å². The van der Waals surface area contributed by atoms with E-state index >= 15 is 0 Å². The zero-order valence-electron chi connectivity index (χ0n) is 13.0. The number of hydrogen-bond donors (Lipinski definition) is 1. The summed E-state index contributed by atoms with van der Waals surface area (Å²) in [6.45, 7) is 11.6. The fraction of sp³-hybridized carbons (Fsp3) is 0.812. The molecular formula is C16H27N3S. The predicted molar refractivity (Wildman–Crippen MR) is 85.4 cm³/mol. The lowest BCUT2D eigenvalue weighted by atomic mass is 9.79. The Morgan fingerprint density at radius 2 is 2.10 bits per heavy atom. The Bertz CT molecular complexity index is 460. The molecular weight excluding hydrogens is 266 g/mol. The molecule has 1 unspecified atom stereocenters. The van der Waals surface area contributed by atoms with Crippen LogP contribution in [0, 0.1) is 5.41 Å². The number of aromatic nitrogens is 1. The molecule has 3 nitrogen and oxygen atoms in total. The Morgan fingerprint density at radius 3 is 2.80 bits per heavy atom. The van der Waals surface area contributed by atoms with Crippen molar-refractivity contribution in [3.63, 3.8) is 0 Å². The van der Waals surface area contributed by atoms with Crippen molar-refractivity contribution in [3.8, 4) is 0 Å². The molecule has 1 aliphatic heterocycles. The summed E-state index contributed by atoms with van der Waals surface area (Å²) < 4.78 is 0. The number of nitrogens with zero attached hydrogens (tertiary/aromatic N) is 2. The molecule has 1 N–H and O–H groups in total. The third kappa shape index (κ3) is 2.92. The summed E-state index contributed by atoms with van der Waals surface area (Å²) >= 11 is 1.99. The van der Waals surface area contributed by atoms with Crippen LogP contribution in [0.25, 0.3) is 0 Å². The molecule has 1 atom stereocenters. The molecule has 0 radical (unpaired) electrons. The van der Waals surface area contributed by atoms with E-state index in [2.05, 4.69) is 31.0 Å². The van der Waals surface area contributed by atoms with Gasteiger partial charge < -0.3 is 5.32 Å². The summed E-state index contributed by atoms with van der Waals surface area (Å²) in [7, 11) is 0. The van der Waals surface area contributed by atoms with Gasteiger partial charge in [-0.3, -0.25) is 4.90 Å². The fourth-order valence-corrected chi connectivity index (χ4v) is 5.03. The van der Waals surface area contributed by atoms with E-state index in [1.54, 1.807) is 4.88 Å². The first-order valence-corrected chi connectivity index (χ1v) is 8.84. The Morgan fingerprint density at radius 1 is 1.35 bits per heavy atom. The molecule has 0 saturated carbocycles.